The van der Waals surface area contributed by atoms with Crippen LogP contribution in [0, 0.1) is 5.82 Å². The van der Waals surface area contributed by atoms with Gasteiger partial charge in [-0.05, 0) is 56.3 Å². The molecule has 1 heterocycles. The minimum atomic E-state index is -0.315. The molecule has 0 N–H and O–H groups in total. The lowest BCUT2D eigenvalue weighted by Crippen LogP contribution is -2.21. The monoisotopic (exact) mass is 401 g/mol. The summed E-state index contributed by atoms with van der Waals surface area (Å²) >= 11 is 1.30. The van der Waals surface area contributed by atoms with E-state index >= 15 is 0 Å². The zero-order valence-corrected chi connectivity index (χ0v) is 17.1. The van der Waals surface area contributed by atoms with Gasteiger partial charge in [0.25, 0.3) is 5.91 Å². The Balaban J connectivity index is 1.97. The third-order valence-corrected chi connectivity index (χ3v) is 5.65. The van der Waals surface area contributed by atoms with Gasteiger partial charge < -0.3 is 14.2 Å². The molecule has 1 amide bonds. The van der Waals surface area contributed by atoms with Crippen LogP contribution >= 0.6 is 11.3 Å². The summed E-state index contributed by atoms with van der Waals surface area (Å²) in [6, 6.07) is 12.1. The van der Waals surface area contributed by atoms with Gasteiger partial charge in [0.1, 0.15) is 5.82 Å². The van der Waals surface area contributed by atoms with Gasteiger partial charge in [0.2, 0.25) is 0 Å². The smallest absolute Gasteiger partial charge is 0.279 e. The number of methoxy groups -OCH3 is 1. The van der Waals surface area contributed by atoms with Gasteiger partial charge in [-0.2, -0.15) is 4.99 Å². The highest BCUT2D eigenvalue weighted by molar-refractivity contribution is 7.16. The summed E-state index contributed by atoms with van der Waals surface area (Å²) in [5.74, 6) is -0.623. The minimum absolute atomic E-state index is 0.308. The number of amides is 1. The van der Waals surface area contributed by atoms with Crippen LogP contribution in [0.5, 0.6) is 0 Å². The Morgan fingerprint density at radius 2 is 1.89 bits per heavy atom. The fraction of sp³-hybridized carbons (Fsp3) is 0.333. The average molecular weight is 402 g/mol. The molecule has 0 spiro atoms. The van der Waals surface area contributed by atoms with Crippen molar-refractivity contribution in [1.82, 2.24) is 4.57 Å². The van der Waals surface area contributed by atoms with Crippen LogP contribution in [0.1, 0.15) is 24.2 Å². The van der Waals surface area contributed by atoms with Crippen LogP contribution in [0.3, 0.4) is 0 Å². The van der Waals surface area contributed by atoms with Gasteiger partial charge >= 0.3 is 0 Å². The number of thiazole rings is 1. The van der Waals surface area contributed by atoms with E-state index in [0.29, 0.717) is 23.5 Å². The van der Waals surface area contributed by atoms with E-state index in [4.69, 9.17) is 4.74 Å². The summed E-state index contributed by atoms with van der Waals surface area (Å²) in [5.41, 5.74) is 2.44. The van der Waals surface area contributed by atoms with Crippen molar-refractivity contribution in [1.29, 1.82) is 0 Å². The zero-order chi connectivity index (χ0) is 20.1. The molecular weight excluding hydrogens is 377 g/mol. The number of hydrogen-bond acceptors (Lipinski definition) is 4. The largest absolute Gasteiger partial charge is 0.383 e. The molecule has 0 aliphatic carbocycles. The molecule has 2 aromatic carbocycles. The van der Waals surface area contributed by atoms with E-state index in [1.54, 1.807) is 25.3 Å². The molecule has 3 rings (SSSR count). The number of ether oxygens (including phenoxy) is 1. The molecular formula is C21H24FN3O2S. The number of hydrogen-bond donors (Lipinski definition) is 0. The standard InChI is InChI=1S/C21H24FN3O2S/c1-4-24(5-2)17-9-6-15(7-10-17)20(26)23-21-25(12-13-27-3)18-11-8-16(22)14-19(18)28-21/h6-11,14H,4-5,12-13H2,1-3H3. The number of carbonyl (C=O) groups is 1. The molecule has 0 saturated heterocycles. The Bertz CT molecular complexity index is 1020. The first-order valence-corrected chi connectivity index (χ1v) is 10.1. The second-order valence-corrected chi connectivity index (χ2v) is 7.29. The van der Waals surface area contributed by atoms with E-state index in [1.165, 1.54) is 23.5 Å². The maximum atomic E-state index is 13.6. The van der Waals surface area contributed by atoms with Gasteiger partial charge in [-0.1, -0.05) is 11.3 Å². The highest BCUT2D eigenvalue weighted by atomic mass is 32.1. The summed E-state index contributed by atoms with van der Waals surface area (Å²) in [6.07, 6.45) is 0. The van der Waals surface area contributed by atoms with Gasteiger partial charge in [0.05, 0.1) is 16.8 Å². The molecule has 0 saturated carbocycles. The summed E-state index contributed by atoms with van der Waals surface area (Å²) in [5, 5.41) is 0. The van der Waals surface area contributed by atoms with Gasteiger partial charge in [-0.15, -0.1) is 0 Å². The van der Waals surface area contributed by atoms with Gasteiger partial charge in [0.15, 0.2) is 4.80 Å². The molecule has 3 aromatic rings. The lowest BCUT2D eigenvalue weighted by molar-refractivity contribution is 0.0997. The van der Waals surface area contributed by atoms with Crippen molar-refractivity contribution in [3.63, 3.8) is 0 Å². The first kappa shape index (κ1) is 20.2. The predicted molar refractivity (Wildman–Crippen MR) is 112 cm³/mol. The Morgan fingerprint density at radius 3 is 2.54 bits per heavy atom. The first-order chi connectivity index (χ1) is 13.6. The number of benzene rings is 2. The molecule has 7 heteroatoms. The highest BCUT2D eigenvalue weighted by Gasteiger charge is 2.11. The Hall–Kier alpha value is -2.51. The van der Waals surface area contributed by atoms with Crippen LogP contribution < -0.4 is 9.70 Å². The number of carbonyl (C=O) groups excluding carboxylic acids is 1. The van der Waals surface area contributed by atoms with Crippen molar-refractivity contribution < 1.29 is 13.9 Å². The molecule has 1 aromatic heterocycles. The Morgan fingerprint density at radius 1 is 1.18 bits per heavy atom. The fourth-order valence-corrected chi connectivity index (χ4v) is 4.17. The number of fused-ring (bicyclic) bond motifs is 1. The van der Waals surface area contributed by atoms with E-state index in [-0.39, 0.29) is 11.7 Å². The zero-order valence-electron chi connectivity index (χ0n) is 16.3. The minimum Gasteiger partial charge on any atom is -0.383 e. The molecule has 148 valence electrons. The third kappa shape index (κ3) is 4.31. The number of rotatable bonds is 7. The average Bonchev–Trinajstić information content (AvgIpc) is 3.03. The number of nitrogens with zero attached hydrogens (tertiary/aromatic N) is 3. The molecule has 0 aliphatic heterocycles. The fourth-order valence-electron chi connectivity index (χ4n) is 3.09. The van der Waals surface area contributed by atoms with E-state index < -0.39 is 0 Å². The van der Waals surface area contributed by atoms with Crippen molar-refractivity contribution in [3.8, 4) is 0 Å². The Labute approximate surface area is 167 Å². The third-order valence-electron chi connectivity index (χ3n) is 4.60. The van der Waals surface area contributed by atoms with Gasteiger partial charge in [-0.25, -0.2) is 4.39 Å². The second-order valence-electron chi connectivity index (χ2n) is 6.28. The quantitative estimate of drug-likeness (QED) is 0.599. The summed E-state index contributed by atoms with van der Waals surface area (Å²) < 4.78 is 21.4. The van der Waals surface area contributed by atoms with Gasteiger partial charge in [-0.3, -0.25) is 4.79 Å². The van der Waals surface area contributed by atoms with Crippen molar-refractivity contribution in [2.75, 3.05) is 31.7 Å². The van der Waals surface area contributed by atoms with Crippen molar-refractivity contribution in [3.05, 3.63) is 58.6 Å². The Kier molecular flexibility index (Phi) is 6.59. The van der Waals surface area contributed by atoms with E-state index in [1.807, 2.05) is 16.7 Å². The maximum Gasteiger partial charge on any atom is 0.279 e. The second kappa shape index (κ2) is 9.12. The van der Waals surface area contributed by atoms with Crippen molar-refractivity contribution >= 4 is 33.1 Å². The topological polar surface area (TPSA) is 46.8 Å². The SMILES string of the molecule is CCN(CC)c1ccc(C(=O)N=c2sc3cc(F)ccc3n2CCOC)cc1. The number of halogens is 1. The van der Waals surface area contributed by atoms with Crippen LogP contribution in [0.15, 0.2) is 47.5 Å². The number of aromatic nitrogens is 1. The summed E-state index contributed by atoms with van der Waals surface area (Å²) in [7, 11) is 1.62. The van der Waals surface area contributed by atoms with Gasteiger partial charge in [0, 0.05) is 38.0 Å². The van der Waals surface area contributed by atoms with Crippen molar-refractivity contribution in [2.45, 2.75) is 20.4 Å². The summed E-state index contributed by atoms with van der Waals surface area (Å²) in [4.78, 5) is 19.8. The lowest BCUT2D eigenvalue weighted by atomic mass is 10.2. The molecule has 0 radical (unpaired) electrons. The lowest BCUT2D eigenvalue weighted by Gasteiger charge is -2.20. The molecule has 5 nitrogen and oxygen atoms in total. The van der Waals surface area contributed by atoms with Crippen LogP contribution in [-0.4, -0.2) is 37.3 Å². The normalized spacial score (nSPS) is 11.9. The van der Waals surface area contributed by atoms with Crippen LogP contribution in [-0.2, 0) is 11.3 Å². The van der Waals surface area contributed by atoms with Crippen LogP contribution in [0.2, 0.25) is 0 Å². The van der Waals surface area contributed by atoms with E-state index in [0.717, 1.165) is 29.0 Å². The maximum absolute atomic E-state index is 13.6. The number of anilines is 1. The highest BCUT2D eigenvalue weighted by Crippen LogP contribution is 2.19. The summed E-state index contributed by atoms with van der Waals surface area (Å²) in [6.45, 7) is 7.03. The first-order valence-electron chi connectivity index (χ1n) is 9.29. The molecule has 0 bridgehead atoms. The predicted octanol–water partition coefficient (Wildman–Crippen LogP) is 4.08. The van der Waals surface area contributed by atoms with Crippen LogP contribution in [0.25, 0.3) is 10.2 Å². The molecule has 28 heavy (non-hydrogen) atoms. The van der Waals surface area contributed by atoms with E-state index in [9.17, 15) is 9.18 Å². The molecule has 0 fully saturated rings. The van der Waals surface area contributed by atoms with Crippen molar-refractivity contribution in [2.24, 2.45) is 4.99 Å². The van der Waals surface area contributed by atoms with E-state index in [2.05, 4.69) is 23.7 Å². The molecule has 0 atom stereocenters. The molecule has 0 aliphatic rings. The molecule has 0 unspecified atom stereocenters. The van der Waals surface area contributed by atoms with Crippen LogP contribution in [0.4, 0.5) is 10.1 Å².